The van der Waals surface area contributed by atoms with E-state index in [9.17, 15) is 0 Å². The number of aryl methyl sites for hydroxylation is 2. The molecule has 1 aliphatic rings. The number of aromatic nitrogens is 3. The Morgan fingerprint density at radius 2 is 1.93 bits per heavy atom. The Morgan fingerprint density at radius 3 is 2.70 bits per heavy atom. The Balaban J connectivity index is 1.75. The Kier molecular flexibility index (Phi) is 5.36. The minimum atomic E-state index is 0.00820. The number of thiophene rings is 1. The molecule has 3 aromatic rings. The molecule has 0 aromatic carbocycles. The van der Waals surface area contributed by atoms with Gasteiger partial charge in [0.15, 0.2) is 5.82 Å². The van der Waals surface area contributed by atoms with Crippen LogP contribution >= 0.6 is 11.3 Å². The minimum absolute atomic E-state index is 0.00820. The third-order valence-electron chi connectivity index (χ3n) is 4.93. The zero-order valence-electron chi connectivity index (χ0n) is 15.9. The highest BCUT2D eigenvalue weighted by Gasteiger charge is 2.23. The summed E-state index contributed by atoms with van der Waals surface area (Å²) in [6.07, 6.45) is 9.15. The van der Waals surface area contributed by atoms with Crippen LogP contribution in [0.2, 0.25) is 0 Å². The molecule has 3 aromatic heterocycles. The molecule has 0 saturated heterocycles. The molecule has 4 rings (SSSR count). The van der Waals surface area contributed by atoms with E-state index < -0.39 is 0 Å². The first-order chi connectivity index (χ1) is 13.1. The van der Waals surface area contributed by atoms with Gasteiger partial charge in [-0.2, -0.15) is 4.98 Å². The van der Waals surface area contributed by atoms with Crippen LogP contribution in [-0.4, -0.2) is 27.6 Å². The Labute approximate surface area is 164 Å². The Hall–Kier alpha value is -2.05. The van der Waals surface area contributed by atoms with Crippen molar-refractivity contribution in [1.82, 2.24) is 15.0 Å². The topological polar surface area (TPSA) is 73.9 Å². The lowest BCUT2D eigenvalue weighted by Gasteiger charge is -2.16. The molecular weight excluding hydrogens is 356 g/mol. The number of hydrogen-bond acceptors (Lipinski definition) is 6. The van der Waals surface area contributed by atoms with Crippen molar-refractivity contribution in [3.05, 3.63) is 35.0 Å². The van der Waals surface area contributed by atoms with Gasteiger partial charge >= 0.3 is 0 Å². The molecule has 0 unspecified atom stereocenters. The quantitative estimate of drug-likeness (QED) is 0.685. The van der Waals surface area contributed by atoms with E-state index in [1.54, 1.807) is 23.7 Å². The predicted octanol–water partition coefficient (Wildman–Crippen LogP) is 4.38. The van der Waals surface area contributed by atoms with Gasteiger partial charge in [0.25, 0.3) is 0 Å². The second kappa shape index (κ2) is 7.90. The van der Waals surface area contributed by atoms with E-state index >= 15 is 0 Å². The monoisotopic (exact) mass is 382 g/mol. The average Bonchev–Trinajstić information content (AvgIpc) is 3.05. The number of nitrogens with two attached hydrogens (primary N) is 1. The van der Waals surface area contributed by atoms with Gasteiger partial charge in [0.1, 0.15) is 11.4 Å². The second-order valence-corrected chi connectivity index (χ2v) is 8.76. The highest BCUT2D eigenvalue weighted by molar-refractivity contribution is 7.18. The Morgan fingerprint density at radius 1 is 1.15 bits per heavy atom. The highest BCUT2D eigenvalue weighted by atomic mass is 32.1. The Bertz CT molecular complexity index is 923. The first-order valence-corrected chi connectivity index (χ1v) is 10.5. The van der Waals surface area contributed by atoms with E-state index in [1.807, 2.05) is 12.1 Å². The molecular formula is C21H26N4OS. The summed E-state index contributed by atoms with van der Waals surface area (Å²) in [5, 5.41) is 1.10. The van der Waals surface area contributed by atoms with E-state index in [0.29, 0.717) is 24.2 Å². The van der Waals surface area contributed by atoms with Crippen molar-refractivity contribution < 1.29 is 4.74 Å². The summed E-state index contributed by atoms with van der Waals surface area (Å²) in [4.78, 5) is 16.2. The molecule has 0 bridgehead atoms. The summed E-state index contributed by atoms with van der Waals surface area (Å²) in [5.74, 6) is 1.93. The van der Waals surface area contributed by atoms with Crippen LogP contribution in [0.15, 0.2) is 24.5 Å². The van der Waals surface area contributed by atoms with Crippen molar-refractivity contribution in [2.75, 3.05) is 6.61 Å². The van der Waals surface area contributed by atoms with Crippen LogP contribution in [0.4, 0.5) is 0 Å². The van der Waals surface area contributed by atoms with Crippen molar-refractivity contribution in [2.45, 2.75) is 52.0 Å². The summed E-state index contributed by atoms with van der Waals surface area (Å²) in [6, 6.07) is 3.88. The van der Waals surface area contributed by atoms with Gasteiger partial charge in [-0.25, -0.2) is 4.98 Å². The van der Waals surface area contributed by atoms with Crippen LogP contribution in [0.25, 0.3) is 21.6 Å². The summed E-state index contributed by atoms with van der Waals surface area (Å²) >= 11 is 1.79. The normalized spacial score (nSPS) is 15.1. The zero-order chi connectivity index (χ0) is 18.8. The van der Waals surface area contributed by atoms with Gasteiger partial charge in [0.05, 0.1) is 5.39 Å². The third kappa shape index (κ3) is 3.96. The fourth-order valence-corrected chi connectivity index (χ4v) is 4.97. The van der Waals surface area contributed by atoms with Crippen LogP contribution < -0.4 is 10.5 Å². The maximum absolute atomic E-state index is 6.25. The van der Waals surface area contributed by atoms with Gasteiger partial charge in [-0.15, -0.1) is 11.3 Å². The van der Waals surface area contributed by atoms with Crippen molar-refractivity contribution in [2.24, 2.45) is 11.7 Å². The molecule has 3 heterocycles. The number of hydrogen-bond donors (Lipinski definition) is 1. The van der Waals surface area contributed by atoms with E-state index in [0.717, 1.165) is 35.0 Å². The lowest BCUT2D eigenvalue weighted by molar-refractivity contribution is 0.265. The number of ether oxygens (including phenoxy) is 1. The van der Waals surface area contributed by atoms with Crippen LogP contribution in [0.5, 0.6) is 5.88 Å². The molecule has 5 nitrogen and oxygen atoms in total. The largest absolute Gasteiger partial charge is 0.475 e. The molecule has 1 atom stereocenters. The molecule has 2 N–H and O–H groups in total. The molecule has 0 saturated carbocycles. The number of rotatable bonds is 6. The van der Waals surface area contributed by atoms with Gasteiger partial charge in [0, 0.05) is 28.9 Å². The molecule has 0 spiro atoms. The van der Waals surface area contributed by atoms with Crippen molar-refractivity contribution in [3.8, 4) is 17.3 Å². The molecule has 0 aliphatic heterocycles. The first kappa shape index (κ1) is 18.3. The molecule has 142 valence electrons. The lowest BCUT2D eigenvalue weighted by Crippen LogP contribution is -2.29. The summed E-state index contributed by atoms with van der Waals surface area (Å²) in [5.41, 5.74) is 8.59. The summed E-state index contributed by atoms with van der Waals surface area (Å²) < 4.78 is 6.18. The van der Waals surface area contributed by atoms with E-state index in [-0.39, 0.29) is 6.04 Å². The van der Waals surface area contributed by atoms with E-state index in [1.165, 1.54) is 23.3 Å². The maximum Gasteiger partial charge on any atom is 0.226 e. The van der Waals surface area contributed by atoms with Crippen molar-refractivity contribution in [3.63, 3.8) is 0 Å². The van der Waals surface area contributed by atoms with Gasteiger partial charge in [-0.05, 0) is 55.7 Å². The molecule has 0 radical (unpaired) electrons. The molecule has 0 fully saturated rings. The summed E-state index contributed by atoms with van der Waals surface area (Å²) in [7, 11) is 0. The smallest absolute Gasteiger partial charge is 0.226 e. The van der Waals surface area contributed by atoms with Crippen LogP contribution in [0.1, 0.15) is 43.6 Å². The third-order valence-corrected chi connectivity index (χ3v) is 6.11. The van der Waals surface area contributed by atoms with E-state index in [4.69, 9.17) is 20.4 Å². The lowest BCUT2D eigenvalue weighted by atomic mass is 9.97. The molecule has 0 amide bonds. The molecule has 6 heteroatoms. The van der Waals surface area contributed by atoms with Gasteiger partial charge in [-0.3, -0.25) is 4.98 Å². The second-order valence-electron chi connectivity index (χ2n) is 7.68. The molecule has 1 aliphatic carbocycles. The standard InChI is InChI=1S/C21H26N4OS/c1-13(2)11-15(22)12-26-20-18-16-5-3-4-6-17(16)27-21(18)25-19(24-20)14-7-9-23-10-8-14/h7-10,13,15H,3-6,11-12,22H2,1-2H3/t15-/m0/s1. The fraction of sp³-hybridized carbons (Fsp3) is 0.476. The van der Waals surface area contributed by atoms with Crippen LogP contribution in [0, 0.1) is 5.92 Å². The average molecular weight is 383 g/mol. The van der Waals surface area contributed by atoms with Gasteiger partial charge < -0.3 is 10.5 Å². The van der Waals surface area contributed by atoms with Crippen molar-refractivity contribution in [1.29, 1.82) is 0 Å². The maximum atomic E-state index is 6.25. The zero-order valence-corrected chi connectivity index (χ0v) is 16.8. The fourth-order valence-electron chi connectivity index (χ4n) is 3.72. The van der Waals surface area contributed by atoms with Crippen LogP contribution in [0.3, 0.4) is 0 Å². The minimum Gasteiger partial charge on any atom is -0.475 e. The molecule has 27 heavy (non-hydrogen) atoms. The highest BCUT2D eigenvalue weighted by Crippen LogP contribution is 2.40. The van der Waals surface area contributed by atoms with Gasteiger partial charge in [-0.1, -0.05) is 13.8 Å². The van der Waals surface area contributed by atoms with Gasteiger partial charge in [0.2, 0.25) is 5.88 Å². The first-order valence-electron chi connectivity index (χ1n) is 9.73. The number of nitrogens with zero attached hydrogens (tertiary/aromatic N) is 3. The number of pyridine rings is 1. The SMILES string of the molecule is CC(C)C[C@H](N)COc1nc(-c2ccncc2)nc2sc3c(c12)CCCC3. The van der Waals surface area contributed by atoms with E-state index in [2.05, 4.69) is 18.8 Å². The summed E-state index contributed by atoms with van der Waals surface area (Å²) in [6.45, 7) is 4.84. The van der Waals surface area contributed by atoms with Crippen LogP contribution in [-0.2, 0) is 12.8 Å². The number of fused-ring (bicyclic) bond motifs is 3. The predicted molar refractivity (Wildman–Crippen MR) is 110 cm³/mol. The van der Waals surface area contributed by atoms with Crippen molar-refractivity contribution >= 4 is 21.6 Å².